The topological polar surface area (TPSA) is 0 Å². The first-order valence-corrected chi connectivity index (χ1v) is 28.3. The van der Waals surface area contributed by atoms with Crippen molar-refractivity contribution in [3.63, 3.8) is 0 Å². The summed E-state index contributed by atoms with van der Waals surface area (Å²) in [6.45, 7) is 11.7. The first-order valence-electron chi connectivity index (χ1n) is 17.9. The molecule has 4 aromatic carbocycles. The van der Waals surface area contributed by atoms with Gasteiger partial charge in [0.2, 0.25) is 0 Å². The Bertz CT molecular complexity index is 2220. The van der Waals surface area contributed by atoms with E-state index in [1.54, 1.807) is 24.3 Å². The summed E-state index contributed by atoms with van der Waals surface area (Å²) in [5.74, 6) is 0. The zero-order valence-corrected chi connectivity index (χ0v) is 35.7. The number of fused-ring (bicyclic) bond motifs is 3. The van der Waals surface area contributed by atoms with Gasteiger partial charge in [-0.2, -0.15) is 0 Å². The van der Waals surface area contributed by atoms with Gasteiger partial charge in [-0.25, -0.2) is 0 Å². The van der Waals surface area contributed by atoms with Gasteiger partial charge >= 0.3 is 337 Å². The van der Waals surface area contributed by atoms with Crippen molar-refractivity contribution in [2.75, 3.05) is 0 Å². The second-order valence-electron chi connectivity index (χ2n) is 16.9. The van der Waals surface area contributed by atoms with Crippen LogP contribution < -0.4 is 0 Å². The van der Waals surface area contributed by atoms with Crippen LogP contribution in [0.3, 0.4) is 0 Å². The monoisotopic (exact) mass is 940 g/mol. The molecule has 0 bridgehead atoms. The Morgan fingerprint density at radius 2 is 0.759 bits per heavy atom. The Hall–Kier alpha value is -3.15. The van der Waals surface area contributed by atoms with E-state index in [9.17, 15) is 52.7 Å². The fourth-order valence-electron chi connectivity index (χ4n) is 7.96. The summed E-state index contributed by atoms with van der Waals surface area (Å²) in [7, 11) is 16.3. The van der Waals surface area contributed by atoms with E-state index in [4.69, 9.17) is 17.0 Å². The van der Waals surface area contributed by atoms with Gasteiger partial charge in [0.05, 0.1) is 0 Å². The van der Waals surface area contributed by atoms with Crippen LogP contribution in [0.15, 0.2) is 97.1 Å². The van der Waals surface area contributed by atoms with E-state index in [0.717, 1.165) is 11.1 Å². The molecule has 15 heteroatoms. The van der Waals surface area contributed by atoms with Crippen molar-refractivity contribution in [2.45, 2.75) is 84.3 Å². The zero-order chi connectivity index (χ0) is 43.4. The van der Waals surface area contributed by atoms with E-state index in [-0.39, 0.29) is 36.4 Å². The molecule has 0 heterocycles. The molecule has 0 atom stereocenters. The minimum atomic E-state index is -7.20. The summed E-state index contributed by atoms with van der Waals surface area (Å²) < 4.78 is 171. The van der Waals surface area contributed by atoms with Gasteiger partial charge < -0.3 is 0 Å². The van der Waals surface area contributed by atoms with Gasteiger partial charge in [-0.1, -0.05) is 0 Å². The minimum absolute atomic E-state index is 0.182. The van der Waals surface area contributed by atoms with Crippen LogP contribution in [-0.2, 0) is 51.4 Å². The Labute approximate surface area is 335 Å². The molecule has 0 fully saturated rings. The van der Waals surface area contributed by atoms with Gasteiger partial charge in [-0.3, -0.25) is 0 Å². The van der Waals surface area contributed by atoms with Gasteiger partial charge in [0.15, 0.2) is 0 Å². The Morgan fingerprint density at radius 3 is 1.03 bits per heavy atom. The Kier molecular flexibility index (Phi) is 10.7. The van der Waals surface area contributed by atoms with E-state index in [1.807, 2.05) is 53.7 Å². The second-order valence-corrected chi connectivity index (χ2v) is 37.7. The van der Waals surface area contributed by atoms with Crippen molar-refractivity contribution < 1.29 is 68.6 Å². The molecule has 0 unspecified atom stereocenters. The van der Waals surface area contributed by atoms with Crippen LogP contribution in [0.4, 0.5) is 52.7 Å². The van der Waals surface area contributed by atoms with Crippen molar-refractivity contribution >= 4 is 20.2 Å². The molecule has 58 heavy (non-hydrogen) atoms. The maximum atomic E-state index is 14.6. The van der Waals surface area contributed by atoms with Gasteiger partial charge in [0.1, 0.15) is 0 Å². The molecule has 6 rings (SSSR count). The number of hydrogen-bond acceptors (Lipinski definition) is 0. The number of allylic oxidation sites excluding steroid dienone is 4. The van der Waals surface area contributed by atoms with Crippen LogP contribution in [-0.4, -0.2) is 3.21 Å². The van der Waals surface area contributed by atoms with Crippen molar-refractivity contribution in [3.8, 4) is 11.1 Å². The van der Waals surface area contributed by atoms with E-state index >= 15 is 0 Å². The Balaban J connectivity index is 1.95. The first kappa shape index (κ1) is 44.4. The number of hydrogen-bond donors (Lipinski definition) is 0. The molecule has 0 saturated heterocycles. The van der Waals surface area contributed by atoms with Crippen LogP contribution in [0, 0.1) is 0 Å². The third-order valence-corrected chi connectivity index (χ3v) is 30.5. The average molecular weight is 943 g/mol. The molecule has 2 aliphatic carbocycles. The van der Waals surface area contributed by atoms with Crippen molar-refractivity contribution in [1.82, 2.24) is 0 Å². The molecule has 0 spiro atoms. The molecular weight excluding hydrogens is 907 g/mol. The van der Waals surface area contributed by atoms with Crippen LogP contribution >= 0.6 is 17.0 Å². The normalized spacial score (nSPS) is 15.9. The van der Waals surface area contributed by atoms with Crippen molar-refractivity contribution in [2.24, 2.45) is 0 Å². The average Bonchev–Trinajstić information content (AvgIpc) is 3.74. The van der Waals surface area contributed by atoms with E-state index < -0.39 is 95.3 Å². The molecule has 0 amide bonds. The van der Waals surface area contributed by atoms with Crippen LogP contribution in [0.5, 0.6) is 0 Å². The molecular formula is C43H36Cl2F12Zr. The third kappa shape index (κ3) is 7.93. The van der Waals surface area contributed by atoms with Crippen LogP contribution in [0.1, 0.15) is 101 Å². The molecule has 310 valence electrons. The van der Waals surface area contributed by atoms with Crippen molar-refractivity contribution in [1.29, 1.82) is 0 Å². The fraction of sp³-hybridized carbons (Fsp3) is 0.326. The van der Waals surface area contributed by atoms with Crippen molar-refractivity contribution in [3.05, 3.63) is 153 Å². The molecule has 0 aromatic heterocycles. The van der Waals surface area contributed by atoms with E-state index in [1.165, 1.54) is 24.3 Å². The summed E-state index contributed by atoms with van der Waals surface area (Å²) in [4.78, 5) is 0. The summed E-state index contributed by atoms with van der Waals surface area (Å²) >= 11 is -7.20. The van der Waals surface area contributed by atoms with Gasteiger partial charge in [-0.15, -0.1) is 0 Å². The summed E-state index contributed by atoms with van der Waals surface area (Å²) in [5, 5.41) is 0. The maximum absolute atomic E-state index is 14.6. The number of halogens is 14. The molecule has 2 aliphatic rings. The summed E-state index contributed by atoms with van der Waals surface area (Å²) in [6, 6.07) is 11.3. The molecule has 0 N–H and O–H groups in total. The Morgan fingerprint density at radius 1 is 0.448 bits per heavy atom. The predicted octanol–water partition coefficient (Wildman–Crippen LogP) is 15.6. The van der Waals surface area contributed by atoms with Gasteiger partial charge in [0.25, 0.3) is 0 Å². The third-order valence-electron chi connectivity index (χ3n) is 10.9. The van der Waals surface area contributed by atoms with Gasteiger partial charge in [0, 0.05) is 0 Å². The quantitative estimate of drug-likeness (QED) is 0.179. The zero-order valence-electron chi connectivity index (χ0n) is 31.7. The molecule has 4 aromatic rings. The van der Waals surface area contributed by atoms with Crippen LogP contribution in [0.25, 0.3) is 11.1 Å². The molecule has 0 aliphatic heterocycles. The molecule has 0 nitrogen and oxygen atoms in total. The van der Waals surface area contributed by atoms with E-state index in [2.05, 4.69) is 0 Å². The first-order chi connectivity index (χ1) is 26.2. The second kappa shape index (κ2) is 13.9. The number of benzene rings is 4. The predicted molar refractivity (Wildman–Crippen MR) is 201 cm³/mol. The fourth-order valence-corrected chi connectivity index (χ4v) is 27.3. The summed E-state index contributed by atoms with van der Waals surface area (Å²) in [5.41, 5.74) is -6.84. The van der Waals surface area contributed by atoms with E-state index in [0.29, 0.717) is 22.3 Å². The van der Waals surface area contributed by atoms with Gasteiger partial charge in [-0.05, 0) is 0 Å². The number of alkyl halides is 12. The molecule has 0 radical (unpaired) electrons. The summed E-state index contributed by atoms with van der Waals surface area (Å²) in [6.07, 6.45) is -16.0. The van der Waals surface area contributed by atoms with Crippen LogP contribution in [0.2, 0.25) is 3.63 Å². The SMILES string of the molecule is CC(C)(C)c1ccc2c(c1)-c1cc(C(C)(C)C)ccc1[CH]2[Zr]([Cl])([Cl])(=[C](c1cc(C(F)(F)F)cc(C(F)(F)F)c1)c1cc(C(F)(F)F)cc(C(F)(F)F)c1)[CH]1C=CC=C1. The standard InChI is InChI=1S/C21H25.C17H6F12.C5H5.2ClH.Zr/c1-20(2,3)16-9-7-14-11-15-8-10-17(21(4,5)6)13-19(15)18(14)12-16;18-14(19,20)10-2-8(3-11(6-10)15(21,22)23)1-9-4-12(16(24,25)26)7-13(5-9)17(27,28)29;1-2-4-5-3-1;;;/h7-13H,1-6H3;2-7H;1-5H;2*1H;/q;;;;;+2/p-2. The molecule has 0 saturated carbocycles. The number of rotatable bonds is 4.